The number of anilines is 2. The Morgan fingerprint density at radius 1 is 1.05 bits per heavy atom. The number of imide groups is 1. The Hall–Kier alpha value is -6.46. The molecule has 66 heavy (non-hydrogen) atoms. The van der Waals surface area contributed by atoms with E-state index in [0.29, 0.717) is 66.9 Å². The quantitative estimate of drug-likeness (QED) is 0.172. The molecule has 9 heterocycles. The van der Waals surface area contributed by atoms with Gasteiger partial charge in [-0.2, -0.15) is 10.2 Å². The molecule has 1 spiro atoms. The highest BCUT2D eigenvalue weighted by Gasteiger charge is 2.48. The van der Waals surface area contributed by atoms with Crippen LogP contribution in [-0.2, 0) is 26.2 Å². The third kappa shape index (κ3) is 7.41. The van der Waals surface area contributed by atoms with E-state index < -0.39 is 30.0 Å². The largest absolute Gasteiger partial charge is 0.374 e. The summed E-state index contributed by atoms with van der Waals surface area (Å²) in [5.41, 5.74) is 1.62. The van der Waals surface area contributed by atoms with Crippen molar-refractivity contribution in [1.82, 2.24) is 48.6 Å². The first kappa shape index (κ1) is 42.2. The minimum atomic E-state index is -2.91. The third-order valence-electron chi connectivity index (χ3n) is 14.9. The number of alkyl halides is 2. The number of ether oxygens (including phenoxy) is 1. The number of aromatic nitrogens is 7. The molecule has 2 N–H and O–H groups in total. The van der Waals surface area contributed by atoms with E-state index >= 15 is 0 Å². The van der Waals surface area contributed by atoms with Crippen LogP contribution in [0.1, 0.15) is 97.9 Å². The van der Waals surface area contributed by atoms with Crippen LogP contribution in [-0.4, -0.2) is 125 Å². The van der Waals surface area contributed by atoms with E-state index in [4.69, 9.17) is 9.72 Å². The molecule has 6 fully saturated rings. The lowest BCUT2D eigenvalue weighted by atomic mass is 9.71. The summed E-state index contributed by atoms with van der Waals surface area (Å²) in [6.45, 7) is 5.07. The Morgan fingerprint density at radius 3 is 2.58 bits per heavy atom. The minimum absolute atomic E-state index is 0.0633. The second kappa shape index (κ2) is 16.5. The molecule has 1 aliphatic carbocycles. The number of morpholine rings is 1. The van der Waals surface area contributed by atoms with Crippen LogP contribution < -0.4 is 21.2 Å². The number of nitrogens with zero attached hydrogens (tertiary/aromatic N) is 10. The van der Waals surface area contributed by atoms with Crippen molar-refractivity contribution in [2.75, 3.05) is 56.1 Å². The summed E-state index contributed by atoms with van der Waals surface area (Å²) >= 11 is 0. The Bertz CT molecular complexity index is 2900. The van der Waals surface area contributed by atoms with Gasteiger partial charge in [0.1, 0.15) is 17.4 Å². The smallest absolute Gasteiger partial charge is 0.329 e. The van der Waals surface area contributed by atoms with Gasteiger partial charge in [-0.25, -0.2) is 23.1 Å². The van der Waals surface area contributed by atoms with Crippen LogP contribution in [0.2, 0.25) is 0 Å². The zero-order valence-corrected chi connectivity index (χ0v) is 36.5. The van der Waals surface area contributed by atoms with Gasteiger partial charge in [-0.05, 0) is 82.7 Å². The van der Waals surface area contributed by atoms with Gasteiger partial charge >= 0.3 is 5.69 Å². The maximum absolute atomic E-state index is 14.3. The van der Waals surface area contributed by atoms with Crippen LogP contribution in [0.15, 0.2) is 47.7 Å². The number of likely N-dealkylation sites (tertiary alicyclic amines) is 2. The van der Waals surface area contributed by atoms with E-state index in [1.54, 1.807) is 19.3 Å². The summed E-state index contributed by atoms with van der Waals surface area (Å²) in [6.07, 6.45) is 7.57. The van der Waals surface area contributed by atoms with Crippen molar-refractivity contribution in [3.63, 3.8) is 0 Å². The number of hydrogen-bond donors (Lipinski definition) is 2. The fraction of sp³-hybridized carbons (Fsp3) is 0.522. The van der Waals surface area contributed by atoms with Gasteiger partial charge in [-0.1, -0.05) is 17.9 Å². The fourth-order valence-electron chi connectivity index (χ4n) is 11.2. The summed E-state index contributed by atoms with van der Waals surface area (Å²) < 4.78 is 40.4. The molecule has 5 saturated heterocycles. The molecule has 18 nitrogen and oxygen atoms in total. The number of amides is 4. The SMILES string of the molecule is Cn1c(=O)n(C2CCC(=O)NC2=O)c2cccc(C#CCN3CCC4(CC3)CN(C(=O)C3CCC(n5cc(NC(=O)c6cnn7ccc(N8C[C@H]9C[C@@H]8CO9)nc67)c(C(F)F)n5)CC3)C4)c21. The molecule has 1 unspecified atom stereocenters. The number of benzene rings is 1. The molecule has 3 atom stereocenters. The van der Waals surface area contributed by atoms with Crippen molar-refractivity contribution < 1.29 is 32.7 Å². The lowest BCUT2D eigenvalue weighted by Gasteiger charge is -2.54. The van der Waals surface area contributed by atoms with E-state index in [9.17, 15) is 32.8 Å². The van der Waals surface area contributed by atoms with Crippen molar-refractivity contribution in [1.29, 1.82) is 0 Å². The van der Waals surface area contributed by atoms with E-state index in [1.165, 1.54) is 30.7 Å². The number of imidazole rings is 1. The topological polar surface area (TPSA) is 186 Å². The highest BCUT2D eigenvalue weighted by atomic mass is 19.3. The van der Waals surface area contributed by atoms with Crippen LogP contribution >= 0.6 is 0 Å². The van der Waals surface area contributed by atoms with Gasteiger partial charge in [0.05, 0.1) is 59.8 Å². The lowest BCUT2D eigenvalue weighted by molar-refractivity contribution is -0.152. The summed E-state index contributed by atoms with van der Waals surface area (Å²) in [4.78, 5) is 76.1. The van der Waals surface area contributed by atoms with Gasteiger partial charge in [0.25, 0.3) is 12.3 Å². The van der Waals surface area contributed by atoms with E-state index in [1.807, 2.05) is 23.1 Å². The summed E-state index contributed by atoms with van der Waals surface area (Å²) in [5.74, 6) is 5.86. The molecule has 20 heteroatoms. The Kier molecular flexibility index (Phi) is 10.5. The fourth-order valence-corrected chi connectivity index (χ4v) is 11.2. The summed E-state index contributed by atoms with van der Waals surface area (Å²) in [6, 6.07) is 6.61. The van der Waals surface area contributed by atoms with Gasteiger partial charge in [0, 0.05) is 56.8 Å². The molecular weight excluding hydrogens is 855 g/mol. The van der Waals surface area contributed by atoms with E-state index in [0.717, 1.165) is 52.0 Å². The number of nitrogens with one attached hydrogen (secondary N) is 2. The molecule has 2 bridgehead atoms. The van der Waals surface area contributed by atoms with Crippen LogP contribution in [0, 0.1) is 23.2 Å². The standard InChI is InChI=1S/C46H50F2N12O6/c1-54-39-27(4-2-6-34(39)60(45(54)65)35-11-12-37(61)52-43(35)63)5-3-16-55-18-14-46(15-19-55)25-56(26-46)44(64)28-7-9-29(10-8-28)59-23-33(38(53-59)40(47)48)50-42(62)32-21-49-58-17-13-36(51-41(32)58)57-22-31-20-30(57)24-66-31/h2,4,6,13,17,21,23,28-31,35,40H,7-12,14-16,18-20,22,24-26H2,1H3,(H,50,62)(H,52,61,63)/t28?,29?,30-,31-,35?/m1/s1. The molecule has 0 radical (unpaired) electrons. The number of para-hydroxylation sites is 1. The number of piperidine rings is 2. The zero-order chi connectivity index (χ0) is 45.4. The number of fused-ring (bicyclic) bond motifs is 4. The molecule has 1 saturated carbocycles. The normalized spacial score (nSPS) is 25.1. The van der Waals surface area contributed by atoms with Crippen LogP contribution in [0.5, 0.6) is 0 Å². The first-order chi connectivity index (χ1) is 31.9. The predicted octanol–water partition coefficient (Wildman–Crippen LogP) is 3.43. The van der Waals surface area contributed by atoms with Crippen LogP contribution in [0.3, 0.4) is 0 Å². The molecule has 1 aromatic carbocycles. The van der Waals surface area contributed by atoms with Crippen LogP contribution in [0.25, 0.3) is 16.7 Å². The van der Waals surface area contributed by atoms with Gasteiger partial charge in [-0.3, -0.25) is 43.2 Å². The van der Waals surface area contributed by atoms with Gasteiger partial charge < -0.3 is 19.9 Å². The number of carbonyl (C=O) groups excluding carboxylic acids is 4. The second-order valence-electron chi connectivity index (χ2n) is 18.9. The summed E-state index contributed by atoms with van der Waals surface area (Å²) in [7, 11) is 1.67. The highest BCUT2D eigenvalue weighted by molar-refractivity contribution is 6.08. The van der Waals surface area contributed by atoms with Crippen molar-refractivity contribution in [3.05, 3.63) is 70.2 Å². The van der Waals surface area contributed by atoms with Crippen molar-refractivity contribution in [2.45, 2.75) is 88.4 Å². The molecule has 5 aliphatic heterocycles. The number of hydrogen-bond acceptors (Lipinski definition) is 11. The first-order valence-electron chi connectivity index (χ1n) is 22.9. The maximum Gasteiger partial charge on any atom is 0.329 e. The number of rotatable bonds is 8. The molecular formula is C46H50F2N12O6. The monoisotopic (exact) mass is 904 g/mol. The van der Waals surface area contributed by atoms with Gasteiger partial charge in [0.15, 0.2) is 11.3 Å². The first-order valence-corrected chi connectivity index (χ1v) is 22.9. The lowest BCUT2D eigenvalue weighted by Crippen LogP contribution is -2.62. The predicted molar refractivity (Wildman–Crippen MR) is 235 cm³/mol. The van der Waals surface area contributed by atoms with Crippen molar-refractivity contribution >= 4 is 51.8 Å². The Balaban J connectivity index is 0.667. The van der Waals surface area contributed by atoms with Gasteiger partial charge in [-0.15, -0.1) is 0 Å². The number of halogens is 2. The zero-order valence-electron chi connectivity index (χ0n) is 36.5. The molecule has 11 rings (SSSR count). The minimum Gasteiger partial charge on any atom is -0.374 e. The van der Waals surface area contributed by atoms with Crippen molar-refractivity contribution in [2.24, 2.45) is 18.4 Å². The summed E-state index contributed by atoms with van der Waals surface area (Å²) in [5, 5.41) is 13.5. The van der Waals surface area contributed by atoms with E-state index in [-0.39, 0.29) is 71.1 Å². The van der Waals surface area contributed by atoms with Crippen LogP contribution in [0.4, 0.5) is 20.3 Å². The molecule has 344 valence electrons. The molecule has 6 aliphatic rings. The van der Waals surface area contributed by atoms with E-state index in [2.05, 4.69) is 42.5 Å². The number of aryl methyl sites for hydroxylation is 1. The molecule has 4 amide bonds. The molecule has 5 aromatic rings. The third-order valence-corrected chi connectivity index (χ3v) is 14.9. The van der Waals surface area contributed by atoms with Gasteiger partial charge in [0.2, 0.25) is 17.7 Å². The van der Waals surface area contributed by atoms with Crippen molar-refractivity contribution in [3.8, 4) is 11.8 Å². The Labute approximate surface area is 377 Å². The number of carbonyl (C=O) groups is 4. The second-order valence-corrected chi connectivity index (χ2v) is 18.9. The average molecular weight is 905 g/mol. The highest BCUT2D eigenvalue weighted by Crippen LogP contribution is 2.43. The molecule has 4 aromatic heterocycles. The maximum atomic E-state index is 14.3. The average Bonchev–Trinajstić information content (AvgIpc) is 4.16. The Morgan fingerprint density at radius 2 is 1.85 bits per heavy atom.